The molecule has 2 heterocycles. The van der Waals surface area contributed by atoms with Crippen LogP contribution in [0.25, 0.3) is 0 Å². The van der Waals surface area contributed by atoms with Gasteiger partial charge in [0.2, 0.25) is 0 Å². The lowest BCUT2D eigenvalue weighted by atomic mass is 9.83. The van der Waals surface area contributed by atoms with Crippen LogP contribution in [0.5, 0.6) is 0 Å². The van der Waals surface area contributed by atoms with Gasteiger partial charge < -0.3 is 10.6 Å². The van der Waals surface area contributed by atoms with Crippen LogP contribution >= 0.6 is 0 Å². The predicted molar refractivity (Wildman–Crippen MR) is 125 cm³/mol. The van der Waals surface area contributed by atoms with E-state index in [1.807, 2.05) is 91.0 Å². The number of carbonyl (C=O) groups excluding carboxylic acids is 4. The van der Waals surface area contributed by atoms with Gasteiger partial charge in [0.05, 0.1) is 0 Å². The highest BCUT2D eigenvalue weighted by Crippen LogP contribution is 2.32. The molecule has 8 nitrogen and oxygen atoms in total. The van der Waals surface area contributed by atoms with Crippen molar-refractivity contribution in [3.05, 3.63) is 108 Å². The first-order valence-corrected chi connectivity index (χ1v) is 10.9. The van der Waals surface area contributed by atoms with Crippen LogP contribution < -0.4 is 16.0 Å². The summed E-state index contributed by atoms with van der Waals surface area (Å²) in [6.07, 6.45) is 0. The zero-order valence-corrected chi connectivity index (χ0v) is 18.5. The van der Waals surface area contributed by atoms with Gasteiger partial charge in [-0.2, -0.15) is 0 Å². The van der Waals surface area contributed by atoms with E-state index in [4.69, 9.17) is 0 Å². The van der Waals surface area contributed by atoms with Gasteiger partial charge in [0.15, 0.2) is 5.54 Å². The lowest BCUT2D eigenvalue weighted by molar-refractivity contribution is -0.127. The Morgan fingerprint density at radius 3 is 1.68 bits per heavy atom. The standard InChI is InChI=1S/C15H12N2O2.C11H12N2O2/c18-13-15(17-14(19)16-13,11-7-3-1-4-8-11)12-9-5-2-6-10-12;1-2-13-10(14)9(12-11(13)15)8-6-4-3-5-7-8/h1-10H,(H2,16,17,18,19);3-7,9H,2H2,1H3,(H,12,15). The van der Waals surface area contributed by atoms with Gasteiger partial charge in [-0.15, -0.1) is 0 Å². The van der Waals surface area contributed by atoms with Crippen LogP contribution in [0.15, 0.2) is 91.0 Å². The quantitative estimate of drug-likeness (QED) is 0.525. The Hall–Kier alpha value is -4.46. The molecule has 0 saturated carbocycles. The first-order valence-electron chi connectivity index (χ1n) is 10.9. The van der Waals surface area contributed by atoms with E-state index in [1.54, 1.807) is 6.92 Å². The third kappa shape index (κ3) is 4.13. The molecule has 0 radical (unpaired) electrons. The lowest BCUT2D eigenvalue weighted by Crippen LogP contribution is -2.44. The number of benzene rings is 3. The van der Waals surface area contributed by atoms with Crippen LogP contribution in [0.3, 0.4) is 0 Å². The molecule has 0 bridgehead atoms. The summed E-state index contributed by atoms with van der Waals surface area (Å²) in [7, 11) is 0. The number of rotatable bonds is 4. The number of likely N-dealkylation sites (N-methyl/N-ethyl adjacent to an activating group) is 1. The lowest BCUT2D eigenvalue weighted by Gasteiger charge is -2.27. The molecule has 3 aromatic rings. The van der Waals surface area contributed by atoms with Gasteiger partial charge in [0, 0.05) is 6.54 Å². The molecule has 0 aliphatic carbocycles. The van der Waals surface area contributed by atoms with E-state index < -0.39 is 17.6 Å². The number of nitrogens with zero attached hydrogens (tertiary/aromatic N) is 1. The van der Waals surface area contributed by atoms with Crippen molar-refractivity contribution in [3.63, 3.8) is 0 Å². The maximum Gasteiger partial charge on any atom is 0.325 e. The van der Waals surface area contributed by atoms with E-state index in [0.717, 1.165) is 16.7 Å². The van der Waals surface area contributed by atoms with Gasteiger partial charge in [-0.1, -0.05) is 91.0 Å². The van der Waals surface area contributed by atoms with Crippen LogP contribution in [-0.4, -0.2) is 35.3 Å². The topological polar surface area (TPSA) is 108 Å². The Morgan fingerprint density at radius 1 is 0.765 bits per heavy atom. The monoisotopic (exact) mass is 456 g/mol. The Bertz CT molecular complexity index is 1160. The van der Waals surface area contributed by atoms with Gasteiger partial charge >= 0.3 is 12.1 Å². The van der Waals surface area contributed by atoms with Crippen LogP contribution in [0.2, 0.25) is 0 Å². The molecule has 0 spiro atoms. The predicted octanol–water partition coefficient (Wildman–Crippen LogP) is 3.07. The fourth-order valence-electron chi connectivity index (χ4n) is 4.09. The first-order chi connectivity index (χ1) is 16.5. The number of carbonyl (C=O) groups is 4. The van der Waals surface area contributed by atoms with Crippen LogP contribution in [0, 0.1) is 0 Å². The van der Waals surface area contributed by atoms with Crippen LogP contribution in [-0.2, 0) is 15.1 Å². The second-order valence-electron chi connectivity index (χ2n) is 7.77. The molecule has 3 N–H and O–H groups in total. The highest BCUT2D eigenvalue weighted by molar-refractivity contribution is 6.09. The third-order valence-corrected chi connectivity index (χ3v) is 5.76. The maximum atomic E-state index is 12.3. The third-order valence-electron chi connectivity index (χ3n) is 5.76. The minimum Gasteiger partial charge on any atom is -0.322 e. The zero-order chi connectivity index (χ0) is 24.1. The summed E-state index contributed by atoms with van der Waals surface area (Å²) in [6, 6.07) is 26.4. The molecule has 172 valence electrons. The molecule has 8 heteroatoms. The average Bonchev–Trinajstić information content (AvgIpc) is 3.35. The Kier molecular flexibility index (Phi) is 6.40. The number of hydrogen-bond donors (Lipinski definition) is 3. The molecule has 2 saturated heterocycles. The average molecular weight is 457 g/mol. The molecular weight excluding hydrogens is 432 g/mol. The van der Waals surface area contributed by atoms with Crippen molar-refractivity contribution in [1.29, 1.82) is 0 Å². The Balaban J connectivity index is 0.000000166. The minimum absolute atomic E-state index is 0.172. The fraction of sp³-hybridized carbons (Fsp3) is 0.154. The first kappa shape index (κ1) is 22.7. The van der Waals surface area contributed by atoms with Crippen LogP contribution in [0.4, 0.5) is 9.59 Å². The molecule has 2 aliphatic rings. The summed E-state index contributed by atoms with van der Waals surface area (Å²) in [5.41, 5.74) is 1.17. The smallest absolute Gasteiger partial charge is 0.322 e. The van der Waals surface area contributed by atoms with Crippen LogP contribution in [0.1, 0.15) is 29.7 Å². The number of urea groups is 2. The summed E-state index contributed by atoms with van der Waals surface area (Å²) in [5.74, 6) is -0.524. The van der Waals surface area contributed by atoms with Crippen molar-refractivity contribution in [2.24, 2.45) is 0 Å². The molecule has 5 rings (SSSR count). The normalized spacial score (nSPS) is 18.5. The van der Waals surface area contributed by atoms with Crippen molar-refractivity contribution < 1.29 is 19.2 Å². The zero-order valence-electron chi connectivity index (χ0n) is 18.5. The molecule has 34 heavy (non-hydrogen) atoms. The van der Waals surface area contributed by atoms with E-state index in [1.165, 1.54) is 4.90 Å². The molecule has 1 atom stereocenters. The number of amides is 6. The number of nitrogens with one attached hydrogen (secondary N) is 3. The van der Waals surface area contributed by atoms with Gasteiger partial charge in [-0.25, -0.2) is 9.59 Å². The van der Waals surface area contributed by atoms with Gasteiger partial charge in [-0.3, -0.25) is 19.8 Å². The number of hydrogen-bond acceptors (Lipinski definition) is 4. The Labute approximate surface area is 197 Å². The summed E-state index contributed by atoms with van der Waals surface area (Å²) < 4.78 is 0. The molecule has 2 aliphatic heterocycles. The SMILES string of the molecule is CCN1C(=O)NC(c2ccccc2)C1=O.O=C1NC(=O)C(c2ccccc2)(c2ccccc2)N1. The van der Waals surface area contributed by atoms with Gasteiger partial charge in [-0.05, 0) is 23.6 Å². The molecule has 2 fully saturated rings. The van der Waals surface area contributed by atoms with Gasteiger partial charge in [0.1, 0.15) is 6.04 Å². The molecule has 1 unspecified atom stereocenters. The summed E-state index contributed by atoms with van der Waals surface area (Å²) >= 11 is 0. The fourth-order valence-corrected chi connectivity index (χ4v) is 4.09. The largest absolute Gasteiger partial charge is 0.325 e. The van der Waals surface area contributed by atoms with E-state index >= 15 is 0 Å². The van der Waals surface area contributed by atoms with Crippen molar-refractivity contribution in [1.82, 2.24) is 20.9 Å². The summed E-state index contributed by atoms with van der Waals surface area (Å²) in [6.45, 7) is 2.19. The van der Waals surface area contributed by atoms with Gasteiger partial charge in [0.25, 0.3) is 11.8 Å². The van der Waals surface area contributed by atoms with E-state index in [2.05, 4.69) is 16.0 Å². The summed E-state index contributed by atoms with van der Waals surface area (Å²) in [5, 5.41) is 7.72. The van der Waals surface area contributed by atoms with Crippen molar-refractivity contribution in [2.45, 2.75) is 18.5 Å². The van der Waals surface area contributed by atoms with E-state index in [-0.39, 0.29) is 17.8 Å². The minimum atomic E-state index is -1.14. The molecule has 0 aromatic heterocycles. The summed E-state index contributed by atoms with van der Waals surface area (Å²) in [4.78, 5) is 48.3. The highest BCUT2D eigenvalue weighted by Gasteiger charge is 2.49. The Morgan fingerprint density at radius 2 is 1.26 bits per heavy atom. The van der Waals surface area contributed by atoms with E-state index in [9.17, 15) is 19.2 Å². The van der Waals surface area contributed by atoms with Crippen molar-refractivity contribution >= 4 is 23.9 Å². The second-order valence-corrected chi connectivity index (χ2v) is 7.77. The molecule has 6 amide bonds. The maximum absolute atomic E-state index is 12.3. The van der Waals surface area contributed by atoms with Crippen molar-refractivity contribution in [2.75, 3.05) is 6.54 Å². The van der Waals surface area contributed by atoms with Crippen molar-refractivity contribution in [3.8, 4) is 0 Å². The second kappa shape index (κ2) is 9.58. The molecule has 3 aromatic carbocycles. The molecular formula is C26H24N4O4. The van der Waals surface area contributed by atoms with E-state index in [0.29, 0.717) is 6.54 Å². The number of imide groups is 2. The highest BCUT2D eigenvalue weighted by atomic mass is 16.2.